The van der Waals surface area contributed by atoms with Crippen molar-refractivity contribution in [2.75, 3.05) is 6.61 Å². The third-order valence-electron chi connectivity index (χ3n) is 5.14. The van der Waals surface area contributed by atoms with Crippen molar-refractivity contribution in [3.63, 3.8) is 0 Å². The van der Waals surface area contributed by atoms with Crippen LogP contribution in [0.15, 0.2) is 60.7 Å². The molecule has 2 fully saturated rings. The van der Waals surface area contributed by atoms with E-state index in [4.69, 9.17) is 4.74 Å². The maximum absolute atomic E-state index is 5.91. The van der Waals surface area contributed by atoms with Crippen LogP contribution in [-0.4, -0.2) is 12.2 Å². The van der Waals surface area contributed by atoms with Crippen molar-refractivity contribution in [2.24, 2.45) is 5.92 Å². The van der Waals surface area contributed by atoms with Gasteiger partial charge in [0.15, 0.2) is 0 Å². The highest BCUT2D eigenvalue weighted by Crippen LogP contribution is 2.51. The highest BCUT2D eigenvalue weighted by Gasteiger charge is 2.56. The van der Waals surface area contributed by atoms with Crippen LogP contribution >= 0.6 is 0 Å². The molecule has 0 amide bonds. The van der Waals surface area contributed by atoms with Gasteiger partial charge >= 0.3 is 0 Å². The molecule has 4 rings (SSSR count). The van der Waals surface area contributed by atoms with Crippen molar-refractivity contribution in [3.05, 3.63) is 71.8 Å². The second-order valence-electron chi connectivity index (χ2n) is 6.36. The number of benzene rings is 2. The fourth-order valence-electron chi connectivity index (χ4n) is 3.67. The zero-order valence-electron chi connectivity index (χ0n) is 12.3. The van der Waals surface area contributed by atoms with Gasteiger partial charge in [-0.2, -0.15) is 0 Å². The Balaban J connectivity index is 1.67. The summed E-state index contributed by atoms with van der Waals surface area (Å²) in [6.07, 6.45) is 1.07. The molecule has 0 aromatic heterocycles. The van der Waals surface area contributed by atoms with Gasteiger partial charge in [-0.1, -0.05) is 67.6 Å². The number of hydrogen-bond donors (Lipinski definition) is 1. The fraction of sp³-hybridized carbons (Fsp3) is 0.368. The second kappa shape index (κ2) is 4.97. The molecule has 2 nitrogen and oxygen atoms in total. The summed E-state index contributed by atoms with van der Waals surface area (Å²) in [7, 11) is 0. The van der Waals surface area contributed by atoms with E-state index in [0.29, 0.717) is 18.0 Å². The van der Waals surface area contributed by atoms with Crippen LogP contribution in [-0.2, 0) is 4.74 Å². The molecule has 1 spiro atoms. The maximum Gasteiger partial charge on any atom is 0.0978 e. The van der Waals surface area contributed by atoms with Gasteiger partial charge in [-0.05, 0) is 17.5 Å². The highest BCUT2D eigenvalue weighted by atomic mass is 16.6. The van der Waals surface area contributed by atoms with E-state index in [1.54, 1.807) is 0 Å². The first-order chi connectivity index (χ1) is 10.3. The van der Waals surface area contributed by atoms with Gasteiger partial charge in [0, 0.05) is 18.0 Å². The molecule has 1 unspecified atom stereocenters. The van der Waals surface area contributed by atoms with Gasteiger partial charge in [-0.25, -0.2) is 0 Å². The summed E-state index contributed by atoms with van der Waals surface area (Å²) >= 11 is 0. The standard InChI is InChI=1S/C19H21NO/c1-14-18(16-10-6-3-7-11-16)20-17(12-19(14)13-21-19)15-8-4-2-5-9-15/h2-11,14,17-18,20H,12-13H2,1H3/t14-,17-,18+,19?/m0/s1. The first kappa shape index (κ1) is 13.1. The SMILES string of the molecule is C[C@H]1[C@H](c2ccccc2)N[C@H](c2ccccc2)CC12CO2. The van der Waals surface area contributed by atoms with Crippen molar-refractivity contribution in [2.45, 2.75) is 31.0 Å². The van der Waals surface area contributed by atoms with Crippen molar-refractivity contribution in [1.82, 2.24) is 5.32 Å². The molecule has 21 heavy (non-hydrogen) atoms. The Hall–Kier alpha value is -1.64. The number of piperidine rings is 1. The van der Waals surface area contributed by atoms with Crippen LogP contribution in [0.4, 0.5) is 0 Å². The monoisotopic (exact) mass is 279 g/mol. The molecule has 0 bridgehead atoms. The summed E-state index contributed by atoms with van der Waals surface area (Å²) in [4.78, 5) is 0. The number of ether oxygens (including phenoxy) is 1. The lowest BCUT2D eigenvalue weighted by Gasteiger charge is -2.40. The molecule has 2 aromatic rings. The van der Waals surface area contributed by atoms with Crippen LogP contribution in [0.1, 0.15) is 36.6 Å². The molecule has 2 aliphatic rings. The van der Waals surface area contributed by atoms with Crippen molar-refractivity contribution in [3.8, 4) is 0 Å². The predicted octanol–water partition coefficient (Wildman–Crippen LogP) is 3.87. The zero-order chi connectivity index (χ0) is 14.3. The van der Waals surface area contributed by atoms with Crippen LogP contribution in [0, 0.1) is 5.92 Å². The molecule has 0 saturated carbocycles. The normalized spacial score (nSPS) is 34.8. The lowest BCUT2D eigenvalue weighted by atomic mass is 9.75. The minimum Gasteiger partial charge on any atom is -0.369 e. The molecular formula is C19H21NO. The lowest BCUT2D eigenvalue weighted by Crippen LogP contribution is -2.45. The van der Waals surface area contributed by atoms with E-state index < -0.39 is 0 Å². The van der Waals surface area contributed by atoms with Gasteiger partial charge in [0.05, 0.1) is 12.2 Å². The van der Waals surface area contributed by atoms with Crippen LogP contribution in [0.25, 0.3) is 0 Å². The highest BCUT2D eigenvalue weighted by molar-refractivity contribution is 5.28. The average molecular weight is 279 g/mol. The summed E-state index contributed by atoms with van der Waals surface area (Å²) in [6, 6.07) is 22.2. The zero-order valence-corrected chi connectivity index (χ0v) is 12.3. The lowest BCUT2D eigenvalue weighted by molar-refractivity contribution is 0.111. The molecule has 2 heteroatoms. The van der Waals surface area contributed by atoms with Crippen LogP contribution in [0.2, 0.25) is 0 Å². The molecule has 1 N–H and O–H groups in total. The number of hydrogen-bond acceptors (Lipinski definition) is 2. The van der Waals surface area contributed by atoms with E-state index in [-0.39, 0.29) is 5.60 Å². The molecule has 4 atom stereocenters. The Morgan fingerprint density at radius 1 is 0.952 bits per heavy atom. The van der Waals surface area contributed by atoms with E-state index in [9.17, 15) is 0 Å². The van der Waals surface area contributed by atoms with Crippen LogP contribution in [0.5, 0.6) is 0 Å². The van der Waals surface area contributed by atoms with Gasteiger partial charge in [-0.15, -0.1) is 0 Å². The fourth-order valence-corrected chi connectivity index (χ4v) is 3.67. The van der Waals surface area contributed by atoms with E-state index >= 15 is 0 Å². The Morgan fingerprint density at radius 3 is 2.10 bits per heavy atom. The Bertz CT molecular complexity index is 606. The molecule has 108 valence electrons. The molecule has 0 aliphatic carbocycles. The minimum atomic E-state index is 0.0757. The molecule has 2 aromatic carbocycles. The number of rotatable bonds is 2. The predicted molar refractivity (Wildman–Crippen MR) is 84.0 cm³/mol. The van der Waals surface area contributed by atoms with E-state index in [0.717, 1.165) is 13.0 Å². The summed E-state index contributed by atoms with van der Waals surface area (Å²) in [5.41, 5.74) is 2.80. The van der Waals surface area contributed by atoms with Gasteiger partial charge < -0.3 is 10.1 Å². The minimum absolute atomic E-state index is 0.0757. The van der Waals surface area contributed by atoms with E-state index in [2.05, 4.69) is 72.9 Å². The molecule has 2 heterocycles. The summed E-state index contributed by atoms with van der Waals surface area (Å²) in [5, 5.41) is 3.85. The first-order valence-corrected chi connectivity index (χ1v) is 7.78. The Kier molecular flexibility index (Phi) is 3.09. The third-order valence-corrected chi connectivity index (χ3v) is 5.14. The summed E-state index contributed by atoms with van der Waals surface area (Å²) < 4.78 is 5.91. The molecule has 0 radical (unpaired) electrons. The quantitative estimate of drug-likeness (QED) is 0.844. The topological polar surface area (TPSA) is 24.6 Å². The van der Waals surface area contributed by atoms with Gasteiger partial charge in [0.1, 0.15) is 0 Å². The number of epoxide rings is 1. The largest absolute Gasteiger partial charge is 0.369 e. The van der Waals surface area contributed by atoms with E-state index in [1.807, 2.05) is 0 Å². The van der Waals surface area contributed by atoms with E-state index in [1.165, 1.54) is 11.1 Å². The second-order valence-corrected chi connectivity index (χ2v) is 6.36. The van der Waals surface area contributed by atoms with Gasteiger partial charge in [0.2, 0.25) is 0 Å². The van der Waals surface area contributed by atoms with Gasteiger partial charge in [-0.3, -0.25) is 0 Å². The van der Waals surface area contributed by atoms with Crippen LogP contribution < -0.4 is 5.32 Å². The van der Waals surface area contributed by atoms with Crippen LogP contribution in [0.3, 0.4) is 0 Å². The smallest absolute Gasteiger partial charge is 0.0978 e. The van der Waals surface area contributed by atoms with Gasteiger partial charge in [0.25, 0.3) is 0 Å². The molecule has 2 saturated heterocycles. The molecule has 2 aliphatic heterocycles. The van der Waals surface area contributed by atoms with Crippen molar-refractivity contribution >= 4 is 0 Å². The van der Waals surface area contributed by atoms with Crippen molar-refractivity contribution < 1.29 is 4.74 Å². The average Bonchev–Trinajstić information content (AvgIpc) is 3.32. The van der Waals surface area contributed by atoms with Crippen molar-refractivity contribution in [1.29, 1.82) is 0 Å². The summed E-state index contributed by atoms with van der Waals surface area (Å²) in [6.45, 7) is 3.22. The third kappa shape index (κ3) is 2.29. The maximum atomic E-state index is 5.91. The first-order valence-electron chi connectivity index (χ1n) is 7.78. The Labute approximate surface area is 126 Å². The summed E-state index contributed by atoms with van der Waals surface area (Å²) in [5.74, 6) is 0.500. The Morgan fingerprint density at radius 2 is 1.52 bits per heavy atom. The molecular weight excluding hydrogens is 258 g/mol. The number of nitrogens with one attached hydrogen (secondary N) is 1.